The molecule has 1 unspecified atom stereocenters. The molecule has 86 valence electrons. The van der Waals surface area contributed by atoms with E-state index in [1.165, 1.54) is 36.8 Å². The molecule has 0 saturated carbocycles. The molecule has 3 rings (SSSR count). The van der Waals surface area contributed by atoms with Gasteiger partial charge in [0.15, 0.2) is 0 Å². The third-order valence-electron chi connectivity index (χ3n) is 3.50. The lowest BCUT2D eigenvalue weighted by Crippen LogP contribution is -2.17. The Morgan fingerprint density at radius 1 is 1.25 bits per heavy atom. The topological polar surface area (TPSA) is 21.8 Å². The first kappa shape index (κ1) is 10.2. The first-order chi connectivity index (χ1) is 7.75. The minimum atomic E-state index is -0.0180. The smallest absolute Gasteiger partial charge is 0.123 e. The van der Waals surface area contributed by atoms with Gasteiger partial charge in [0.25, 0.3) is 0 Å². The van der Waals surface area contributed by atoms with Crippen LogP contribution in [0.4, 0.5) is 0 Å². The molecule has 2 aliphatic rings. The van der Waals surface area contributed by atoms with Crippen molar-refractivity contribution in [3.05, 3.63) is 29.3 Å². The molecule has 1 aliphatic carbocycles. The van der Waals surface area contributed by atoms with Crippen LogP contribution in [-0.2, 0) is 17.6 Å². The quantitative estimate of drug-likeness (QED) is 0.728. The number of epoxide rings is 1. The van der Waals surface area contributed by atoms with Gasteiger partial charge in [0.2, 0.25) is 0 Å². The molecule has 2 nitrogen and oxygen atoms in total. The second kappa shape index (κ2) is 3.77. The number of ether oxygens (including phenoxy) is 2. The summed E-state index contributed by atoms with van der Waals surface area (Å²) in [4.78, 5) is 0. The Morgan fingerprint density at radius 2 is 2.00 bits per heavy atom. The largest absolute Gasteiger partial charge is 0.490 e. The van der Waals surface area contributed by atoms with Crippen LogP contribution < -0.4 is 4.74 Å². The molecule has 1 fully saturated rings. The molecule has 1 saturated heterocycles. The van der Waals surface area contributed by atoms with Crippen LogP contribution in [0.2, 0.25) is 0 Å². The van der Waals surface area contributed by atoms with Crippen LogP contribution in [0.1, 0.15) is 30.9 Å². The van der Waals surface area contributed by atoms with Gasteiger partial charge in [-0.1, -0.05) is 6.07 Å². The third kappa shape index (κ3) is 2.07. The van der Waals surface area contributed by atoms with Crippen molar-refractivity contribution in [2.24, 2.45) is 0 Å². The van der Waals surface area contributed by atoms with Gasteiger partial charge in [-0.05, 0) is 55.9 Å². The van der Waals surface area contributed by atoms with Crippen molar-refractivity contribution in [1.29, 1.82) is 0 Å². The van der Waals surface area contributed by atoms with Crippen molar-refractivity contribution in [2.75, 3.05) is 13.2 Å². The molecule has 1 aromatic rings. The predicted molar refractivity (Wildman–Crippen MR) is 62.9 cm³/mol. The minimum absolute atomic E-state index is 0.0180. The fourth-order valence-electron chi connectivity index (χ4n) is 2.24. The van der Waals surface area contributed by atoms with Crippen LogP contribution in [-0.4, -0.2) is 18.8 Å². The molecule has 2 heteroatoms. The van der Waals surface area contributed by atoms with Crippen molar-refractivity contribution in [3.63, 3.8) is 0 Å². The van der Waals surface area contributed by atoms with E-state index in [1.54, 1.807) is 0 Å². The summed E-state index contributed by atoms with van der Waals surface area (Å²) in [6.45, 7) is 3.59. The van der Waals surface area contributed by atoms with Crippen molar-refractivity contribution in [3.8, 4) is 5.75 Å². The molecule has 1 heterocycles. The molecule has 16 heavy (non-hydrogen) atoms. The second-order valence-electron chi connectivity index (χ2n) is 5.16. The van der Waals surface area contributed by atoms with Gasteiger partial charge in [-0.15, -0.1) is 0 Å². The molecule has 1 aromatic carbocycles. The summed E-state index contributed by atoms with van der Waals surface area (Å²) >= 11 is 0. The maximum Gasteiger partial charge on any atom is 0.123 e. The van der Waals surface area contributed by atoms with Gasteiger partial charge in [-0.3, -0.25) is 0 Å². The van der Waals surface area contributed by atoms with E-state index < -0.39 is 0 Å². The number of hydrogen-bond acceptors (Lipinski definition) is 2. The summed E-state index contributed by atoms with van der Waals surface area (Å²) < 4.78 is 11.1. The molecule has 1 atom stereocenters. The highest BCUT2D eigenvalue weighted by Crippen LogP contribution is 2.29. The Hall–Kier alpha value is -1.02. The summed E-state index contributed by atoms with van der Waals surface area (Å²) in [6, 6.07) is 6.52. The fourth-order valence-corrected chi connectivity index (χ4v) is 2.24. The van der Waals surface area contributed by atoms with Crippen molar-refractivity contribution in [2.45, 2.75) is 38.2 Å². The molecule has 0 aromatic heterocycles. The SMILES string of the molecule is CC1(COc2ccc3c(c2)CCCC3)CO1. The Labute approximate surface area is 96.6 Å². The number of aryl methyl sites for hydroxylation is 2. The average molecular weight is 218 g/mol. The summed E-state index contributed by atoms with van der Waals surface area (Å²) in [6.07, 6.45) is 5.09. The lowest BCUT2D eigenvalue weighted by atomic mass is 9.92. The first-order valence-corrected chi connectivity index (χ1v) is 6.14. The normalized spacial score (nSPS) is 27.3. The lowest BCUT2D eigenvalue weighted by molar-refractivity contribution is 0.202. The van der Waals surface area contributed by atoms with Crippen LogP contribution >= 0.6 is 0 Å². The molecule has 0 spiro atoms. The Balaban J connectivity index is 1.70. The third-order valence-corrected chi connectivity index (χ3v) is 3.50. The van der Waals surface area contributed by atoms with E-state index in [4.69, 9.17) is 9.47 Å². The van der Waals surface area contributed by atoms with Gasteiger partial charge >= 0.3 is 0 Å². The molecule has 0 N–H and O–H groups in total. The molecule has 0 amide bonds. The Bertz CT molecular complexity index is 394. The summed E-state index contributed by atoms with van der Waals surface area (Å²) in [5.74, 6) is 0.998. The molecule has 0 radical (unpaired) electrons. The molecule has 0 bridgehead atoms. The highest BCUT2D eigenvalue weighted by molar-refractivity contribution is 5.37. The van der Waals surface area contributed by atoms with E-state index >= 15 is 0 Å². The minimum Gasteiger partial charge on any atom is -0.490 e. The van der Waals surface area contributed by atoms with Crippen LogP contribution in [0.5, 0.6) is 5.75 Å². The number of fused-ring (bicyclic) bond motifs is 1. The van der Waals surface area contributed by atoms with Crippen molar-refractivity contribution < 1.29 is 9.47 Å². The second-order valence-corrected chi connectivity index (χ2v) is 5.16. The average Bonchev–Trinajstić information content (AvgIpc) is 3.05. The van der Waals surface area contributed by atoms with Crippen molar-refractivity contribution >= 4 is 0 Å². The van der Waals surface area contributed by atoms with Crippen LogP contribution in [0, 0.1) is 0 Å². The number of benzene rings is 1. The highest BCUT2D eigenvalue weighted by atomic mass is 16.6. The van der Waals surface area contributed by atoms with Gasteiger partial charge < -0.3 is 9.47 Å². The highest BCUT2D eigenvalue weighted by Gasteiger charge is 2.40. The summed E-state index contributed by atoms with van der Waals surface area (Å²) in [5.41, 5.74) is 2.97. The van der Waals surface area contributed by atoms with Gasteiger partial charge in [-0.25, -0.2) is 0 Å². The van der Waals surface area contributed by atoms with Crippen LogP contribution in [0.15, 0.2) is 18.2 Å². The van der Waals surface area contributed by atoms with E-state index in [9.17, 15) is 0 Å². The van der Waals surface area contributed by atoms with E-state index in [2.05, 4.69) is 25.1 Å². The molecular weight excluding hydrogens is 200 g/mol. The van der Waals surface area contributed by atoms with Gasteiger partial charge in [0.05, 0.1) is 6.61 Å². The monoisotopic (exact) mass is 218 g/mol. The Morgan fingerprint density at radius 3 is 2.75 bits per heavy atom. The zero-order valence-electron chi connectivity index (χ0n) is 9.79. The molecular formula is C14H18O2. The zero-order valence-corrected chi connectivity index (χ0v) is 9.79. The zero-order chi connectivity index (χ0) is 11.0. The fraction of sp³-hybridized carbons (Fsp3) is 0.571. The van der Waals surface area contributed by atoms with E-state index in [1.807, 2.05) is 0 Å². The van der Waals surface area contributed by atoms with Crippen LogP contribution in [0.25, 0.3) is 0 Å². The van der Waals surface area contributed by atoms with Crippen LogP contribution in [0.3, 0.4) is 0 Å². The van der Waals surface area contributed by atoms with Gasteiger partial charge in [0, 0.05) is 0 Å². The maximum atomic E-state index is 5.77. The van der Waals surface area contributed by atoms with E-state index in [0.717, 1.165) is 12.4 Å². The van der Waals surface area contributed by atoms with E-state index in [-0.39, 0.29) is 5.60 Å². The number of hydrogen-bond donors (Lipinski definition) is 0. The van der Waals surface area contributed by atoms with Gasteiger partial charge in [0.1, 0.15) is 18.0 Å². The number of rotatable bonds is 3. The predicted octanol–water partition coefficient (Wildman–Crippen LogP) is 2.73. The maximum absolute atomic E-state index is 5.77. The lowest BCUT2D eigenvalue weighted by Gasteiger charge is -2.17. The summed E-state index contributed by atoms with van der Waals surface area (Å²) in [7, 11) is 0. The van der Waals surface area contributed by atoms with Gasteiger partial charge in [-0.2, -0.15) is 0 Å². The summed E-state index contributed by atoms with van der Waals surface area (Å²) in [5, 5.41) is 0. The molecule has 1 aliphatic heterocycles. The van der Waals surface area contributed by atoms with Crippen molar-refractivity contribution in [1.82, 2.24) is 0 Å². The van der Waals surface area contributed by atoms with E-state index in [0.29, 0.717) is 6.61 Å². The first-order valence-electron chi connectivity index (χ1n) is 6.14. The standard InChI is InChI=1S/C14H18O2/c1-14(10-16-14)9-15-13-7-6-11-4-2-3-5-12(11)8-13/h6-8H,2-5,9-10H2,1H3. The Kier molecular flexibility index (Phi) is 2.40.